The van der Waals surface area contributed by atoms with Gasteiger partial charge in [-0.2, -0.15) is 5.10 Å². The van der Waals surface area contributed by atoms with Crippen LogP contribution >= 0.6 is 0 Å². The molecule has 3 aromatic rings. The van der Waals surface area contributed by atoms with E-state index in [9.17, 15) is 4.79 Å². The number of carbonyl (C=O) groups excluding carboxylic acids is 1. The predicted octanol–water partition coefficient (Wildman–Crippen LogP) is 3.49. The summed E-state index contributed by atoms with van der Waals surface area (Å²) in [5.74, 6) is 1.18. The minimum atomic E-state index is -0.289. The third kappa shape index (κ3) is 4.17. The molecule has 0 spiro atoms. The van der Waals surface area contributed by atoms with Gasteiger partial charge in [0.25, 0.3) is 5.91 Å². The van der Waals surface area contributed by atoms with E-state index < -0.39 is 0 Å². The highest BCUT2D eigenvalue weighted by Gasteiger charge is 2.10. The van der Waals surface area contributed by atoms with Gasteiger partial charge >= 0.3 is 0 Å². The first-order valence-electron chi connectivity index (χ1n) is 7.83. The quantitative estimate of drug-likeness (QED) is 0.748. The van der Waals surface area contributed by atoms with Gasteiger partial charge in [-0.3, -0.25) is 4.79 Å². The fraction of sp³-hybridized carbons (Fsp3) is 0.158. The van der Waals surface area contributed by atoms with E-state index in [0.717, 1.165) is 11.3 Å². The SMILES string of the molecule is COc1cccc(NC(=O)c2ccn(COc3ccccc3C)n2)c1. The first kappa shape index (κ1) is 16.6. The van der Waals surface area contributed by atoms with Gasteiger partial charge < -0.3 is 14.8 Å². The molecule has 1 heterocycles. The highest BCUT2D eigenvalue weighted by Crippen LogP contribution is 2.18. The molecule has 6 nitrogen and oxygen atoms in total. The van der Waals surface area contributed by atoms with Gasteiger partial charge in [0, 0.05) is 18.0 Å². The zero-order valence-electron chi connectivity index (χ0n) is 14.1. The van der Waals surface area contributed by atoms with Gasteiger partial charge in [-0.15, -0.1) is 0 Å². The second-order valence-corrected chi connectivity index (χ2v) is 5.47. The van der Waals surface area contributed by atoms with E-state index in [1.807, 2.05) is 43.3 Å². The second kappa shape index (κ2) is 7.53. The van der Waals surface area contributed by atoms with Crippen molar-refractivity contribution in [3.05, 3.63) is 72.1 Å². The Labute approximate surface area is 146 Å². The zero-order valence-corrected chi connectivity index (χ0v) is 14.1. The zero-order chi connectivity index (χ0) is 17.6. The van der Waals surface area contributed by atoms with Gasteiger partial charge in [0.15, 0.2) is 12.4 Å². The Morgan fingerprint density at radius 1 is 1.16 bits per heavy atom. The molecule has 0 aliphatic heterocycles. The van der Waals surface area contributed by atoms with Crippen LogP contribution in [0.15, 0.2) is 60.8 Å². The number of nitrogens with zero attached hydrogens (tertiary/aromatic N) is 2. The maximum atomic E-state index is 12.3. The molecule has 128 valence electrons. The molecule has 0 atom stereocenters. The van der Waals surface area contributed by atoms with Gasteiger partial charge in [-0.05, 0) is 36.8 Å². The van der Waals surface area contributed by atoms with Gasteiger partial charge in [0.1, 0.15) is 11.5 Å². The molecule has 0 fully saturated rings. The molecule has 0 saturated heterocycles. The van der Waals surface area contributed by atoms with E-state index in [1.165, 1.54) is 0 Å². The number of rotatable bonds is 6. The number of benzene rings is 2. The summed E-state index contributed by atoms with van der Waals surface area (Å²) in [4.78, 5) is 12.3. The van der Waals surface area contributed by atoms with Crippen molar-refractivity contribution in [3.63, 3.8) is 0 Å². The van der Waals surface area contributed by atoms with Crippen molar-refractivity contribution in [1.29, 1.82) is 0 Å². The van der Waals surface area contributed by atoms with Crippen LogP contribution in [-0.2, 0) is 6.73 Å². The molecule has 1 aromatic heterocycles. The van der Waals surface area contributed by atoms with Gasteiger partial charge in [0.2, 0.25) is 0 Å². The average Bonchev–Trinajstić information content (AvgIpc) is 3.10. The summed E-state index contributed by atoms with van der Waals surface area (Å²) < 4.78 is 12.4. The molecule has 1 N–H and O–H groups in total. The van der Waals surface area contributed by atoms with Crippen LogP contribution in [0.4, 0.5) is 5.69 Å². The minimum absolute atomic E-state index is 0.233. The lowest BCUT2D eigenvalue weighted by Gasteiger charge is -2.08. The lowest BCUT2D eigenvalue weighted by molar-refractivity contribution is 0.102. The summed E-state index contributed by atoms with van der Waals surface area (Å²) in [5.41, 5.74) is 2.01. The van der Waals surface area contributed by atoms with Gasteiger partial charge in [-0.1, -0.05) is 24.3 Å². The number of aromatic nitrogens is 2. The molecule has 0 aliphatic rings. The van der Waals surface area contributed by atoms with Crippen LogP contribution < -0.4 is 14.8 Å². The van der Waals surface area contributed by atoms with E-state index in [4.69, 9.17) is 9.47 Å². The number of ether oxygens (including phenoxy) is 2. The van der Waals surface area contributed by atoms with Crippen molar-refractivity contribution < 1.29 is 14.3 Å². The smallest absolute Gasteiger partial charge is 0.276 e. The molecule has 0 unspecified atom stereocenters. The predicted molar refractivity (Wildman–Crippen MR) is 95.0 cm³/mol. The highest BCUT2D eigenvalue weighted by atomic mass is 16.5. The Morgan fingerprint density at radius 3 is 2.80 bits per heavy atom. The van der Waals surface area contributed by atoms with Crippen molar-refractivity contribution in [2.75, 3.05) is 12.4 Å². The highest BCUT2D eigenvalue weighted by molar-refractivity contribution is 6.02. The van der Waals surface area contributed by atoms with E-state index >= 15 is 0 Å². The van der Waals surface area contributed by atoms with Crippen LogP contribution in [-0.4, -0.2) is 22.8 Å². The molecule has 0 aliphatic carbocycles. The number of methoxy groups -OCH3 is 1. The first-order valence-corrected chi connectivity index (χ1v) is 7.83. The van der Waals surface area contributed by atoms with Crippen LogP contribution in [0.3, 0.4) is 0 Å². The van der Waals surface area contributed by atoms with E-state index in [0.29, 0.717) is 17.1 Å². The number of amides is 1. The molecule has 25 heavy (non-hydrogen) atoms. The summed E-state index contributed by atoms with van der Waals surface area (Å²) in [7, 11) is 1.58. The first-order chi connectivity index (χ1) is 12.2. The number of nitrogens with one attached hydrogen (secondary N) is 1. The number of aryl methyl sites for hydroxylation is 1. The standard InChI is InChI=1S/C19H19N3O3/c1-14-6-3-4-9-18(14)25-13-22-11-10-17(21-22)19(23)20-15-7-5-8-16(12-15)24-2/h3-12H,13H2,1-2H3,(H,20,23). The third-order valence-corrected chi connectivity index (χ3v) is 3.65. The molecule has 0 radical (unpaired) electrons. The van der Waals surface area contributed by atoms with Crippen molar-refractivity contribution in [2.24, 2.45) is 0 Å². The van der Waals surface area contributed by atoms with Crippen LogP contribution in [0, 0.1) is 6.92 Å². The van der Waals surface area contributed by atoms with E-state index in [-0.39, 0.29) is 12.6 Å². The molecule has 0 bridgehead atoms. The maximum Gasteiger partial charge on any atom is 0.276 e. The summed E-state index contributed by atoms with van der Waals surface area (Å²) in [5, 5.41) is 7.04. The Bertz CT molecular complexity index is 874. The number of anilines is 1. The lowest BCUT2D eigenvalue weighted by atomic mass is 10.2. The van der Waals surface area contributed by atoms with Crippen LogP contribution in [0.2, 0.25) is 0 Å². The molecule has 3 rings (SSSR count). The number of hydrogen-bond acceptors (Lipinski definition) is 4. The van der Waals surface area contributed by atoms with Crippen LogP contribution in [0.25, 0.3) is 0 Å². The molecule has 0 saturated carbocycles. The van der Waals surface area contributed by atoms with E-state index in [2.05, 4.69) is 10.4 Å². The van der Waals surface area contributed by atoms with Crippen LogP contribution in [0.1, 0.15) is 16.1 Å². The summed E-state index contributed by atoms with van der Waals surface area (Å²) in [6.45, 7) is 2.21. The van der Waals surface area contributed by atoms with Gasteiger partial charge in [-0.25, -0.2) is 4.68 Å². The normalized spacial score (nSPS) is 10.3. The van der Waals surface area contributed by atoms with Crippen molar-refractivity contribution in [1.82, 2.24) is 9.78 Å². The molecule has 2 aromatic carbocycles. The molecule has 1 amide bonds. The largest absolute Gasteiger partial charge is 0.497 e. The monoisotopic (exact) mass is 337 g/mol. The third-order valence-electron chi connectivity index (χ3n) is 3.65. The molecule has 6 heteroatoms. The minimum Gasteiger partial charge on any atom is -0.497 e. The fourth-order valence-electron chi connectivity index (χ4n) is 2.30. The summed E-state index contributed by atoms with van der Waals surface area (Å²) in [6, 6.07) is 16.6. The van der Waals surface area contributed by atoms with E-state index in [1.54, 1.807) is 36.2 Å². The lowest BCUT2D eigenvalue weighted by Crippen LogP contribution is -2.14. The molecular weight excluding hydrogens is 318 g/mol. The van der Waals surface area contributed by atoms with Crippen molar-refractivity contribution in [3.8, 4) is 11.5 Å². The maximum absolute atomic E-state index is 12.3. The second-order valence-electron chi connectivity index (χ2n) is 5.47. The van der Waals surface area contributed by atoms with Crippen molar-refractivity contribution in [2.45, 2.75) is 13.7 Å². The Kier molecular flexibility index (Phi) is 4.99. The Hall–Kier alpha value is -3.28. The summed E-state index contributed by atoms with van der Waals surface area (Å²) >= 11 is 0. The fourth-order valence-corrected chi connectivity index (χ4v) is 2.30. The number of hydrogen-bond donors (Lipinski definition) is 1. The Balaban J connectivity index is 1.62. The topological polar surface area (TPSA) is 65.4 Å². The van der Waals surface area contributed by atoms with Crippen molar-refractivity contribution >= 4 is 11.6 Å². The number of para-hydroxylation sites is 1. The summed E-state index contributed by atoms with van der Waals surface area (Å²) in [6.07, 6.45) is 1.71. The average molecular weight is 337 g/mol. The molecular formula is C19H19N3O3. The number of carbonyl (C=O) groups is 1. The Morgan fingerprint density at radius 2 is 2.00 bits per heavy atom. The van der Waals surface area contributed by atoms with Gasteiger partial charge in [0.05, 0.1) is 7.11 Å². The van der Waals surface area contributed by atoms with Crippen LogP contribution in [0.5, 0.6) is 11.5 Å².